The van der Waals surface area contributed by atoms with E-state index in [0.29, 0.717) is 0 Å². The fourth-order valence-electron chi connectivity index (χ4n) is 1.10. The fourth-order valence-corrected chi connectivity index (χ4v) is 1.10. The minimum absolute atomic E-state index is 0.0995. The SMILES string of the molecule is NC(=O)CN(CC(=O)O)C(=O)c1ccn[nH]1. The van der Waals surface area contributed by atoms with Crippen molar-refractivity contribution >= 4 is 17.8 Å². The highest BCUT2D eigenvalue weighted by atomic mass is 16.4. The summed E-state index contributed by atoms with van der Waals surface area (Å²) in [5.41, 5.74) is 5.01. The van der Waals surface area contributed by atoms with Gasteiger partial charge in [-0.2, -0.15) is 5.10 Å². The first-order chi connectivity index (χ1) is 7.50. The number of nitrogens with zero attached hydrogens (tertiary/aromatic N) is 2. The van der Waals surface area contributed by atoms with E-state index in [-0.39, 0.29) is 5.69 Å². The van der Waals surface area contributed by atoms with Gasteiger partial charge in [0.2, 0.25) is 5.91 Å². The lowest BCUT2D eigenvalue weighted by Gasteiger charge is -2.17. The van der Waals surface area contributed by atoms with Gasteiger partial charge in [0.25, 0.3) is 5.91 Å². The summed E-state index contributed by atoms with van der Waals surface area (Å²) >= 11 is 0. The van der Waals surface area contributed by atoms with Crippen LogP contribution in [0.3, 0.4) is 0 Å². The summed E-state index contributed by atoms with van der Waals surface area (Å²) in [6.07, 6.45) is 1.34. The summed E-state index contributed by atoms with van der Waals surface area (Å²) < 4.78 is 0. The van der Waals surface area contributed by atoms with E-state index in [1.165, 1.54) is 12.3 Å². The van der Waals surface area contributed by atoms with Crippen LogP contribution in [0.4, 0.5) is 0 Å². The number of amides is 2. The molecule has 4 N–H and O–H groups in total. The Balaban J connectivity index is 2.79. The van der Waals surface area contributed by atoms with Crippen LogP contribution in [-0.4, -0.2) is 51.1 Å². The molecule has 2 amide bonds. The third kappa shape index (κ3) is 3.08. The molecular weight excluding hydrogens is 216 g/mol. The Kier molecular flexibility index (Phi) is 3.59. The molecule has 1 rings (SSSR count). The van der Waals surface area contributed by atoms with Crippen LogP contribution in [0, 0.1) is 0 Å². The molecule has 0 saturated carbocycles. The fraction of sp³-hybridized carbons (Fsp3) is 0.250. The molecule has 0 bridgehead atoms. The number of nitrogens with two attached hydrogens (primary N) is 1. The van der Waals surface area contributed by atoms with E-state index in [9.17, 15) is 14.4 Å². The quantitative estimate of drug-likeness (QED) is 0.558. The Labute approximate surface area is 90.0 Å². The maximum Gasteiger partial charge on any atom is 0.323 e. The van der Waals surface area contributed by atoms with E-state index in [1.54, 1.807) is 0 Å². The summed E-state index contributed by atoms with van der Waals surface area (Å²) in [6, 6.07) is 1.37. The molecule has 0 saturated heterocycles. The second-order valence-electron chi connectivity index (χ2n) is 2.99. The average molecular weight is 226 g/mol. The van der Waals surface area contributed by atoms with E-state index in [0.717, 1.165) is 4.90 Å². The van der Waals surface area contributed by atoms with Crippen molar-refractivity contribution in [3.63, 3.8) is 0 Å². The topological polar surface area (TPSA) is 129 Å². The predicted octanol–water partition coefficient (Wildman–Crippen LogP) is -1.58. The minimum atomic E-state index is -1.23. The molecule has 0 atom stereocenters. The van der Waals surface area contributed by atoms with Gasteiger partial charge in [-0.15, -0.1) is 0 Å². The number of carboxylic acids is 1. The number of hydrogen-bond acceptors (Lipinski definition) is 4. The van der Waals surface area contributed by atoms with E-state index >= 15 is 0 Å². The number of primary amides is 1. The van der Waals surface area contributed by atoms with Crippen LogP contribution in [0.15, 0.2) is 12.3 Å². The van der Waals surface area contributed by atoms with Crippen molar-refractivity contribution in [2.45, 2.75) is 0 Å². The standard InChI is InChI=1S/C8H10N4O4/c9-6(13)3-12(4-7(14)15)8(16)5-1-2-10-11-5/h1-2H,3-4H2,(H2,9,13)(H,10,11)(H,14,15). The number of carbonyl (C=O) groups excluding carboxylic acids is 2. The van der Waals surface area contributed by atoms with Crippen LogP contribution in [-0.2, 0) is 9.59 Å². The van der Waals surface area contributed by atoms with E-state index in [4.69, 9.17) is 10.8 Å². The lowest BCUT2D eigenvalue weighted by atomic mass is 10.3. The van der Waals surface area contributed by atoms with Crippen molar-refractivity contribution in [1.29, 1.82) is 0 Å². The largest absolute Gasteiger partial charge is 0.480 e. The van der Waals surface area contributed by atoms with Crippen molar-refractivity contribution in [1.82, 2.24) is 15.1 Å². The van der Waals surface area contributed by atoms with E-state index in [1.807, 2.05) is 0 Å². The number of carbonyl (C=O) groups is 3. The summed E-state index contributed by atoms with van der Waals surface area (Å²) in [5.74, 6) is -2.65. The first-order valence-corrected chi connectivity index (χ1v) is 4.29. The van der Waals surface area contributed by atoms with Crippen LogP contribution in [0.25, 0.3) is 0 Å². The Morgan fingerprint density at radius 3 is 2.56 bits per heavy atom. The predicted molar refractivity (Wildman–Crippen MR) is 51.3 cm³/mol. The first kappa shape index (κ1) is 11.7. The van der Waals surface area contributed by atoms with Crippen molar-refractivity contribution in [2.75, 3.05) is 13.1 Å². The van der Waals surface area contributed by atoms with Crippen molar-refractivity contribution in [3.05, 3.63) is 18.0 Å². The smallest absolute Gasteiger partial charge is 0.323 e. The van der Waals surface area contributed by atoms with Gasteiger partial charge < -0.3 is 15.7 Å². The number of aromatic amines is 1. The molecule has 0 aromatic carbocycles. The van der Waals surface area contributed by atoms with Crippen molar-refractivity contribution in [2.24, 2.45) is 5.73 Å². The van der Waals surface area contributed by atoms with Crippen LogP contribution in [0.2, 0.25) is 0 Å². The number of H-pyrrole nitrogens is 1. The molecule has 8 nitrogen and oxygen atoms in total. The number of aliphatic carboxylic acids is 1. The van der Waals surface area contributed by atoms with Crippen molar-refractivity contribution in [3.8, 4) is 0 Å². The number of hydrogen-bond donors (Lipinski definition) is 3. The lowest BCUT2D eigenvalue weighted by molar-refractivity contribution is -0.138. The second-order valence-corrected chi connectivity index (χ2v) is 2.99. The third-order valence-electron chi connectivity index (χ3n) is 1.69. The summed E-state index contributed by atoms with van der Waals surface area (Å²) in [5, 5.41) is 14.5. The molecular formula is C8H10N4O4. The number of aromatic nitrogens is 2. The molecule has 0 aliphatic rings. The van der Waals surface area contributed by atoms with Crippen LogP contribution in [0.1, 0.15) is 10.5 Å². The number of carboxylic acid groups (broad SMARTS) is 1. The van der Waals surface area contributed by atoms with Crippen LogP contribution >= 0.6 is 0 Å². The summed E-state index contributed by atoms with van der Waals surface area (Å²) in [4.78, 5) is 33.6. The zero-order valence-electron chi connectivity index (χ0n) is 8.21. The van der Waals surface area contributed by atoms with Gasteiger partial charge in [0.1, 0.15) is 18.8 Å². The monoisotopic (exact) mass is 226 g/mol. The van der Waals surface area contributed by atoms with Gasteiger partial charge in [-0.05, 0) is 6.07 Å². The van der Waals surface area contributed by atoms with E-state index in [2.05, 4.69) is 10.2 Å². The Bertz CT molecular complexity index is 384. The van der Waals surface area contributed by atoms with Gasteiger partial charge in [-0.1, -0.05) is 0 Å². The van der Waals surface area contributed by atoms with Gasteiger partial charge in [-0.3, -0.25) is 19.5 Å². The molecule has 1 heterocycles. The molecule has 0 aliphatic carbocycles. The highest BCUT2D eigenvalue weighted by Crippen LogP contribution is 2.00. The third-order valence-corrected chi connectivity index (χ3v) is 1.69. The van der Waals surface area contributed by atoms with Gasteiger partial charge in [-0.25, -0.2) is 0 Å². The van der Waals surface area contributed by atoms with Crippen LogP contribution < -0.4 is 5.73 Å². The first-order valence-electron chi connectivity index (χ1n) is 4.29. The summed E-state index contributed by atoms with van der Waals surface area (Å²) in [7, 11) is 0. The summed E-state index contributed by atoms with van der Waals surface area (Å²) in [6.45, 7) is -1.05. The molecule has 0 aliphatic heterocycles. The van der Waals surface area contributed by atoms with Gasteiger partial charge in [0, 0.05) is 6.20 Å². The zero-order valence-corrected chi connectivity index (χ0v) is 8.21. The molecule has 86 valence electrons. The van der Waals surface area contributed by atoms with Gasteiger partial charge >= 0.3 is 5.97 Å². The maximum atomic E-state index is 11.7. The lowest BCUT2D eigenvalue weighted by Crippen LogP contribution is -2.41. The normalized spacial score (nSPS) is 9.75. The Morgan fingerprint density at radius 1 is 1.44 bits per heavy atom. The molecule has 0 fully saturated rings. The Morgan fingerprint density at radius 2 is 2.12 bits per heavy atom. The molecule has 1 aromatic rings. The minimum Gasteiger partial charge on any atom is -0.480 e. The molecule has 0 radical (unpaired) electrons. The van der Waals surface area contributed by atoms with Crippen LogP contribution in [0.5, 0.6) is 0 Å². The molecule has 0 unspecified atom stereocenters. The highest BCUT2D eigenvalue weighted by molar-refractivity contribution is 5.96. The Hall–Kier alpha value is -2.38. The zero-order chi connectivity index (χ0) is 12.1. The second kappa shape index (κ2) is 4.91. The van der Waals surface area contributed by atoms with Gasteiger partial charge in [0.15, 0.2) is 0 Å². The molecule has 16 heavy (non-hydrogen) atoms. The molecule has 1 aromatic heterocycles. The van der Waals surface area contributed by atoms with E-state index < -0.39 is 30.9 Å². The molecule has 8 heteroatoms. The number of nitrogens with one attached hydrogen (secondary N) is 1. The van der Waals surface area contributed by atoms with Gasteiger partial charge in [0.05, 0.1) is 0 Å². The maximum absolute atomic E-state index is 11.7. The van der Waals surface area contributed by atoms with Crippen molar-refractivity contribution < 1.29 is 19.5 Å². The average Bonchev–Trinajstić information content (AvgIpc) is 2.66. The number of rotatable bonds is 5. The highest BCUT2D eigenvalue weighted by Gasteiger charge is 2.20. The molecule has 0 spiro atoms.